The Bertz CT molecular complexity index is 363. The van der Waals surface area contributed by atoms with Gasteiger partial charge in [0, 0.05) is 6.04 Å². The minimum Gasteiger partial charge on any atom is -0.310 e. The van der Waals surface area contributed by atoms with Crippen molar-refractivity contribution < 1.29 is 0 Å². The van der Waals surface area contributed by atoms with Crippen LogP contribution in [0.4, 0.5) is 0 Å². The van der Waals surface area contributed by atoms with Crippen LogP contribution >= 0.6 is 0 Å². The second kappa shape index (κ2) is 7.47. The van der Waals surface area contributed by atoms with E-state index in [2.05, 4.69) is 49.3 Å². The van der Waals surface area contributed by atoms with Crippen LogP contribution in [0.25, 0.3) is 0 Å². The molecular weight excluding hydrogens is 222 g/mol. The highest BCUT2D eigenvalue weighted by atomic mass is 15.1. The zero-order chi connectivity index (χ0) is 13.5. The maximum atomic E-state index is 4.35. The number of aromatic nitrogens is 2. The molecule has 0 aliphatic carbocycles. The van der Waals surface area contributed by atoms with Crippen LogP contribution in [0.5, 0.6) is 0 Å². The normalized spacial score (nSPS) is 14.5. The number of nitrogens with zero attached hydrogens (tertiary/aromatic N) is 2. The van der Waals surface area contributed by atoms with E-state index in [9.17, 15) is 0 Å². The summed E-state index contributed by atoms with van der Waals surface area (Å²) in [7, 11) is 0. The lowest BCUT2D eigenvalue weighted by Crippen LogP contribution is -2.28. The van der Waals surface area contributed by atoms with Gasteiger partial charge in [-0.15, -0.1) is 0 Å². The van der Waals surface area contributed by atoms with E-state index in [4.69, 9.17) is 0 Å². The van der Waals surface area contributed by atoms with Gasteiger partial charge >= 0.3 is 0 Å². The van der Waals surface area contributed by atoms with Gasteiger partial charge in [0.1, 0.15) is 0 Å². The average molecular weight is 249 g/mol. The topological polar surface area (TPSA) is 37.8 Å². The van der Waals surface area contributed by atoms with Crippen molar-refractivity contribution in [3.8, 4) is 0 Å². The van der Waals surface area contributed by atoms with Gasteiger partial charge in [-0.3, -0.25) is 0 Å². The summed E-state index contributed by atoms with van der Waals surface area (Å²) >= 11 is 0. The molecule has 1 aromatic rings. The van der Waals surface area contributed by atoms with Crippen molar-refractivity contribution in [2.75, 3.05) is 6.54 Å². The van der Waals surface area contributed by atoms with E-state index < -0.39 is 0 Å². The molecule has 2 unspecified atom stereocenters. The number of hydrogen-bond acceptors (Lipinski definition) is 3. The number of aryl methyl sites for hydroxylation is 2. The summed E-state index contributed by atoms with van der Waals surface area (Å²) in [5.41, 5.74) is 3.48. The molecular formula is C15H27N3. The van der Waals surface area contributed by atoms with Crippen molar-refractivity contribution >= 4 is 0 Å². The standard InChI is InChI=1S/C15H27N3/c1-6-9-11(4)15(16-8-3)13-10-12(5)17-18-14(13)7-2/h10-11,15-16H,6-9H2,1-5H3. The molecule has 3 heteroatoms. The second-order valence-corrected chi connectivity index (χ2v) is 5.04. The molecule has 0 aliphatic rings. The van der Waals surface area contributed by atoms with E-state index in [1.54, 1.807) is 0 Å². The maximum absolute atomic E-state index is 4.35. The summed E-state index contributed by atoms with van der Waals surface area (Å²) in [5, 5.41) is 12.2. The summed E-state index contributed by atoms with van der Waals surface area (Å²) in [6.45, 7) is 11.9. The summed E-state index contributed by atoms with van der Waals surface area (Å²) in [5.74, 6) is 0.629. The van der Waals surface area contributed by atoms with Gasteiger partial charge in [-0.2, -0.15) is 10.2 Å². The van der Waals surface area contributed by atoms with Crippen LogP contribution in [0.2, 0.25) is 0 Å². The highest BCUT2D eigenvalue weighted by Gasteiger charge is 2.21. The molecule has 2 atom stereocenters. The Labute approximate surface area is 111 Å². The molecule has 18 heavy (non-hydrogen) atoms. The Morgan fingerprint density at radius 1 is 1.22 bits per heavy atom. The fourth-order valence-corrected chi connectivity index (χ4v) is 2.54. The third-order valence-electron chi connectivity index (χ3n) is 3.43. The van der Waals surface area contributed by atoms with Gasteiger partial charge in [-0.1, -0.05) is 34.1 Å². The molecule has 1 N–H and O–H groups in total. The highest BCUT2D eigenvalue weighted by Crippen LogP contribution is 2.27. The lowest BCUT2D eigenvalue weighted by molar-refractivity contribution is 0.365. The number of hydrogen-bond donors (Lipinski definition) is 1. The first-order chi connectivity index (χ1) is 8.63. The first-order valence-electron chi connectivity index (χ1n) is 7.20. The van der Waals surface area contributed by atoms with Crippen LogP contribution in [-0.4, -0.2) is 16.7 Å². The zero-order valence-electron chi connectivity index (χ0n) is 12.5. The molecule has 0 saturated carbocycles. The van der Waals surface area contributed by atoms with E-state index in [0.29, 0.717) is 12.0 Å². The zero-order valence-corrected chi connectivity index (χ0v) is 12.5. The van der Waals surface area contributed by atoms with Gasteiger partial charge < -0.3 is 5.32 Å². The van der Waals surface area contributed by atoms with Gasteiger partial charge in [0.05, 0.1) is 11.4 Å². The predicted octanol–water partition coefficient (Wildman–Crippen LogP) is 3.43. The molecule has 0 spiro atoms. The van der Waals surface area contributed by atoms with Crippen LogP contribution in [0.15, 0.2) is 6.07 Å². The smallest absolute Gasteiger partial charge is 0.0676 e. The van der Waals surface area contributed by atoms with Crippen LogP contribution in [0.3, 0.4) is 0 Å². The average Bonchev–Trinajstić information content (AvgIpc) is 2.36. The lowest BCUT2D eigenvalue weighted by Gasteiger charge is -2.26. The van der Waals surface area contributed by atoms with Gasteiger partial charge in [-0.05, 0) is 43.9 Å². The Morgan fingerprint density at radius 2 is 1.94 bits per heavy atom. The van der Waals surface area contributed by atoms with Crippen molar-refractivity contribution in [3.05, 3.63) is 23.0 Å². The third-order valence-corrected chi connectivity index (χ3v) is 3.43. The van der Waals surface area contributed by atoms with E-state index in [0.717, 1.165) is 24.4 Å². The Morgan fingerprint density at radius 3 is 2.50 bits per heavy atom. The Kier molecular flexibility index (Phi) is 6.27. The van der Waals surface area contributed by atoms with Crippen molar-refractivity contribution in [1.29, 1.82) is 0 Å². The van der Waals surface area contributed by atoms with Crippen molar-refractivity contribution in [3.63, 3.8) is 0 Å². The van der Waals surface area contributed by atoms with E-state index >= 15 is 0 Å². The third kappa shape index (κ3) is 3.77. The molecule has 1 aromatic heterocycles. The van der Waals surface area contributed by atoms with Crippen molar-refractivity contribution in [2.45, 2.75) is 59.9 Å². The van der Waals surface area contributed by atoms with Crippen LogP contribution in [-0.2, 0) is 6.42 Å². The molecule has 0 aromatic carbocycles. The predicted molar refractivity (Wildman–Crippen MR) is 76.6 cm³/mol. The summed E-state index contributed by atoms with van der Waals surface area (Å²) in [4.78, 5) is 0. The Hall–Kier alpha value is -0.960. The van der Waals surface area contributed by atoms with Gasteiger partial charge in [-0.25, -0.2) is 0 Å². The molecule has 102 valence electrons. The molecule has 0 aliphatic heterocycles. The van der Waals surface area contributed by atoms with Crippen molar-refractivity contribution in [2.24, 2.45) is 5.92 Å². The molecule has 3 nitrogen and oxygen atoms in total. The Balaban J connectivity index is 3.06. The van der Waals surface area contributed by atoms with Gasteiger partial charge in [0.2, 0.25) is 0 Å². The fourth-order valence-electron chi connectivity index (χ4n) is 2.54. The monoisotopic (exact) mass is 249 g/mol. The van der Waals surface area contributed by atoms with Gasteiger partial charge in [0.25, 0.3) is 0 Å². The van der Waals surface area contributed by atoms with E-state index in [1.807, 2.05) is 6.92 Å². The molecule has 0 radical (unpaired) electrons. The molecule has 0 amide bonds. The molecule has 0 fully saturated rings. The summed E-state index contributed by atoms with van der Waals surface area (Å²) < 4.78 is 0. The fraction of sp³-hybridized carbons (Fsp3) is 0.733. The molecule has 0 bridgehead atoms. The van der Waals surface area contributed by atoms with Crippen LogP contribution in [0.1, 0.15) is 63.5 Å². The SMILES string of the molecule is CCCC(C)C(NCC)c1cc(C)nnc1CC. The van der Waals surface area contributed by atoms with Crippen LogP contribution in [0, 0.1) is 12.8 Å². The maximum Gasteiger partial charge on any atom is 0.0676 e. The lowest BCUT2D eigenvalue weighted by atomic mass is 9.89. The quantitative estimate of drug-likeness (QED) is 0.804. The number of nitrogens with one attached hydrogen (secondary N) is 1. The summed E-state index contributed by atoms with van der Waals surface area (Å²) in [6.07, 6.45) is 3.41. The van der Waals surface area contributed by atoms with E-state index in [1.165, 1.54) is 18.4 Å². The number of rotatable bonds is 7. The molecule has 0 saturated heterocycles. The van der Waals surface area contributed by atoms with E-state index in [-0.39, 0.29) is 0 Å². The largest absolute Gasteiger partial charge is 0.310 e. The first-order valence-corrected chi connectivity index (χ1v) is 7.20. The molecule has 1 rings (SSSR count). The van der Waals surface area contributed by atoms with Crippen molar-refractivity contribution in [1.82, 2.24) is 15.5 Å². The minimum atomic E-state index is 0.402. The summed E-state index contributed by atoms with van der Waals surface area (Å²) in [6, 6.07) is 2.60. The first kappa shape index (κ1) is 15.1. The highest BCUT2D eigenvalue weighted by molar-refractivity contribution is 5.25. The van der Waals surface area contributed by atoms with Gasteiger partial charge in [0.15, 0.2) is 0 Å². The minimum absolute atomic E-state index is 0.402. The van der Waals surface area contributed by atoms with Crippen LogP contribution < -0.4 is 5.32 Å². The second-order valence-electron chi connectivity index (χ2n) is 5.04. The molecule has 1 heterocycles.